The van der Waals surface area contributed by atoms with Gasteiger partial charge in [-0.3, -0.25) is 9.96 Å². The van der Waals surface area contributed by atoms with E-state index < -0.39 is 26.0 Å². The van der Waals surface area contributed by atoms with Crippen LogP contribution in [0.5, 0.6) is 0 Å². The van der Waals surface area contributed by atoms with Crippen molar-refractivity contribution in [3.63, 3.8) is 0 Å². The third kappa shape index (κ3) is 4.85. The lowest BCUT2D eigenvalue weighted by molar-refractivity contribution is 0.209. The summed E-state index contributed by atoms with van der Waals surface area (Å²) >= 11 is 0. The van der Waals surface area contributed by atoms with Crippen LogP contribution >= 0.6 is 0 Å². The summed E-state index contributed by atoms with van der Waals surface area (Å²) in [6, 6.07) is 0. The Hall–Kier alpha value is 0.451. The Morgan fingerprint density at radius 3 is 1.44 bits per heavy atom. The molecular formula is C10H28N2O3Si3. The molecule has 108 valence electrons. The maximum absolute atomic E-state index is 6.25. The highest BCUT2D eigenvalue weighted by molar-refractivity contribution is 6.91. The van der Waals surface area contributed by atoms with Gasteiger partial charge in [-0.15, -0.1) is 0 Å². The van der Waals surface area contributed by atoms with Crippen molar-refractivity contribution in [3.05, 3.63) is 0 Å². The third-order valence-corrected chi connectivity index (χ3v) is 14.6. The van der Waals surface area contributed by atoms with Crippen molar-refractivity contribution in [3.8, 4) is 0 Å². The zero-order valence-corrected chi connectivity index (χ0v) is 15.6. The molecule has 2 unspecified atom stereocenters. The first-order valence-corrected chi connectivity index (χ1v) is 14.3. The van der Waals surface area contributed by atoms with E-state index in [0.29, 0.717) is 0 Å². The first-order valence-electron chi connectivity index (χ1n) is 6.85. The fraction of sp³-hybridized carbons (Fsp3) is 1.00. The molecule has 0 aromatic rings. The lowest BCUT2D eigenvalue weighted by Crippen LogP contribution is -2.75. The first kappa shape index (κ1) is 16.5. The Morgan fingerprint density at radius 1 is 0.722 bits per heavy atom. The number of rotatable bonds is 6. The van der Waals surface area contributed by atoms with Crippen LogP contribution in [0.2, 0.25) is 26.2 Å². The molecule has 0 aromatic heterocycles. The summed E-state index contributed by atoms with van der Waals surface area (Å²) in [5.74, 6) is 0. The van der Waals surface area contributed by atoms with Crippen molar-refractivity contribution in [2.24, 2.45) is 0 Å². The minimum absolute atomic E-state index is 0.936. The van der Waals surface area contributed by atoms with Crippen LogP contribution in [0, 0.1) is 0 Å². The molecule has 0 bridgehead atoms. The van der Waals surface area contributed by atoms with Crippen LogP contribution in [-0.2, 0) is 12.3 Å². The van der Waals surface area contributed by atoms with E-state index in [0.717, 1.165) is 25.9 Å². The first-order chi connectivity index (χ1) is 8.24. The summed E-state index contributed by atoms with van der Waals surface area (Å²) in [6.45, 7) is 14.6. The summed E-state index contributed by atoms with van der Waals surface area (Å²) in [6.07, 6.45) is 2.16. The van der Waals surface area contributed by atoms with Gasteiger partial charge in [0.05, 0.1) is 0 Å². The third-order valence-electron chi connectivity index (χ3n) is 2.66. The van der Waals surface area contributed by atoms with E-state index in [9.17, 15) is 0 Å². The van der Waals surface area contributed by atoms with Crippen molar-refractivity contribution < 1.29 is 12.3 Å². The monoisotopic (exact) mass is 308 g/mol. The lowest BCUT2D eigenvalue weighted by Gasteiger charge is -2.48. The predicted octanol–water partition coefficient (Wildman–Crippen LogP) is 1.89. The second kappa shape index (κ2) is 6.27. The van der Waals surface area contributed by atoms with Crippen LogP contribution in [0.4, 0.5) is 0 Å². The van der Waals surface area contributed by atoms with Gasteiger partial charge in [-0.1, -0.05) is 13.8 Å². The number of hydrogen-bond acceptors (Lipinski definition) is 5. The maximum Gasteiger partial charge on any atom is 0.404 e. The van der Waals surface area contributed by atoms with Crippen LogP contribution in [0.25, 0.3) is 0 Å². The Kier molecular flexibility index (Phi) is 5.75. The predicted molar refractivity (Wildman–Crippen MR) is 80.6 cm³/mol. The smallest absolute Gasteiger partial charge is 0.404 e. The van der Waals surface area contributed by atoms with Crippen molar-refractivity contribution in [1.29, 1.82) is 0 Å². The molecule has 1 aliphatic heterocycles. The Balaban J connectivity index is 2.76. The molecule has 2 N–H and O–H groups in total. The van der Waals surface area contributed by atoms with Gasteiger partial charge < -0.3 is 12.3 Å². The maximum atomic E-state index is 6.25. The molecule has 0 aliphatic carbocycles. The van der Waals surface area contributed by atoms with Gasteiger partial charge in [-0.25, -0.2) is 0 Å². The summed E-state index contributed by atoms with van der Waals surface area (Å²) in [4.78, 5) is 6.96. The minimum atomic E-state index is -2.29. The van der Waals surface area contributed by atoms with Crippen molar-refractivity contribution in [2.75, 3.05) is 13.1 Å². The van der Waals surface area contributed by atoms with Gasteiger partial charge in [0.2, 0.25) is 0 Å². The SMILES string of the molecule is CCCN[Si]1(C)O[Si](C)(C)O[Si](C)(NCCC)O1. The van der Waals surface area contributed by atoms with E-state index in [2.05, 4.69) is 50.0 Å². The highest BCUT2D eigenvalue weighted by Gasteiger charge is 2.55. The molecule has 1 rings (SSSR count). The zero-order valence-electron chi connectivity index (χ0n) is 12.6. The van der Waals surface area contributed by atoms with E-state index in [1.807, 2.05) is 0 Å². The van der Waals surface area contributed by atoms with Gasteiger partial charge in [0, 0.05) is 0 Å². The highest BCUT2D eigenvalue weighted by Crippen LogP contribution is 2.27. The standard InChI is InChI=1S/C10H28N2O3Si3/c1-7-9-11-17(5)13-16(3,4)14-18(6,15-17)12-10-8-2/h11-12H,7-10H2,1-6H3. The molecule has 5 nitrogen and oxygen atoms in total. The fourth-order valence-corrected chi connectivity index (χ4v) is 16.9. The van der Waals surface area contributed by atoms with Gasteiger partial charge in [-0.05, 0) is 52.1 Å². The van der Waals surface area contributed by atoms with Crippen molar-refractivity contribution in [2.45, 2.75) is 52.9 Å². The normalized spacial score (nSPS) is 35.7. The molecule has 0 aromatic carbocycles. The van der Waals surface area contributed by atoms with Crippen molar-refractivity contribution in [1.82, 2.24) is 9.96 Å². The molecule has 0 saturated carbocycles. The van der Waals surface area contributed by atoms with Gasteiger partial charge in [0.1, 0.15) is 0 Å². The summed E-state index contributed by atoms with van der Waals surface area (Å²) in [5, 5.41) is 0. The summed E-state index contributed by atoms with van der Waals surface area (Å²) in [5.41, 5.74) is 0. The van der Waals surface area contributed by atoms with E-state index >= 15 is 0 Å². The molecule has 18 heavy (non-hydrogen) atoms. The quantitative estimate of drug-likeness (QED) is 0.734. The van der Waals surface area contributed by atoms with E-state index in [-0.39, 0.29) is 0 Å². The largest absolute Gasteiger partial charge is 0.404 e. The van der Waals surface area contributed by atoms with E-state index in [1.165, 1.54) is 0 Å². The molecule has 8 heteroatoms. The average Bonchev–Trinajstić information content (AvgIpc) is 2.20. The molecule has 2 atom stereocenters. The minimum Gasteiger partial charge on any atom is -0.404 e. The Morgan fingerprint density at radius 2 is 1.11 bits per heavy atom. The van der Waals surface area contributed by atoms with Crippen LogP contribution in [0.3, 0.4) is 0 Å². The Labute approximate surface area is 115 Å². The van der Waals surface area contributed by atoms with Crippen molar-refractivity contribution >= 4 is 26.0 Å². The molecule has 0 radical (unpaired) electrons. The molecule has 0 spiro atoms. The van der Waals surface area contributed by atoms with Crippen LogP contribution < -0.4 is 9.96 Å². The number of hydrogen-bond donors (Lipinski definition) is 2. The molecule has 1 aliphatic rings. The molecule has 1 saturated heterocycles. The van der Waals surface area contributed by atoms with Gasteiger partial charge in [0.25, 0.3) is 0 Å². The van der Waals surface area contributed by atoms with E-state index in [4.69, 9.17) is 12.3 Å². The van der Waals surface area contributed by atoms with Crippen LogP contribution in [-0.4, -0.2) is 39.1 Å². The topological polar surface area (TPSA) is 51.8 Å². The van der Waals surface area contributed by atoms with Gasteiger partial charge in [-0.2, -0.15) is 0 Å². The second-order valence-corrected chi connectivity index (χ2v) is 15.2. The van der Waals surface area contributed by atoms with E-state index in [1.54, 1.807) is 0 Å². The molecule has 1 fully saturated rings. The highest BCUT2D eigenvalue weighted by atomic mass is 28.5. The van der Waals surface area contributed by atoms with Crippen LogP contribution in [0.1, 0.15) is 26.7 Å². The summed E-state index contributed by atoms with van der Waals surface area (Å²) in [7, 11) is -6.67. The zero-order chi connectivity index (χ0) is 13.9. The van der Waals surface area contributed by atoms with Gasteiger partial charge in [0.15, 0.2) is 0 Å². The number of nitrogens with one attached hydrogen (secondary N) is 2. The molecule has 1 heterocycles. The molecular weight excluding hydrogens is 280 g/mol. The van der Waals surface area contributed by atoms with Gasteiger partial charge >= 0.3 is 26.0 Å². The lowest BCUT2D eigenvalue weighted by atomic mass is 10.5. The Bertz CT molecular complexity index is 259. The second-order valence-electron chi connectivity index (χ2n) is 5.45. The fourth-order valence-electron chi connectivity index (χ4n) is 2.22. The average molecular weight is 309 g/mol. The molecule has 0 amide bonds. The van der Waals surface area contributed by atoms with Crippen LogP contribution in [0.15, 0.2) is 0 Å². The summed E-state index contributed by atoms with van der Waals surface area (Å²) < 4.78 is 18.6.